The first kappa shape index (κ1) is 21.4. The summed E-state index contributed by atoms with van der Waals surface area (Å²) in [6.07, 6.45) is 1.66. The summed E-state index contributed by atoms with van der Waals surface area (Å²) in [6, 6.07) is 14.4. The molecule has 2 N–H and O–H groups in total. The number of amides is 2. The summed E-state index contributed by atoms with van der Waals surface area (Å²) in [7, 11) is 1.62. The maximum atomic E-state index is 12.7. The van der Waals surface area contributed by atoms with Crippen LogP contribution in [0.1, 0.15) is 32.7 Å². The Morgan fingerprint density at radius 1 is 1.16 bits per heavy atom. The third kappa shape index (κ3) is 4.42. The smallest absolute Gasteiger partial charge is 0.265 e. The zero-order chi connectivity index (χ0) is 22.7. The molecule has 0 saturated heterocycles. The molecule has 0 saturated carbocycles. The van der Waals surface area contributed by atoms with E-state index in [1.807, 2.05) is 38.1 Å². The summed E-state index contributed by atoms with van der Waals surface area (Å²) in [5.41, 5.74) is 4.56. The van der Waals surface area contributed by atoms with E-state index in [9.17, 15) is 9.59 Å². The summed E-state index contributed by atoms with van der Waals surface area (Å²) in [4.78, 5) is 29.7. The number of rotatable bonds is 6. The lowest BCUT2D eigenvalue weighted by molar-refractivity contribution is -0.122. The molecule has 1 atom stereocenters. The molecule has 4 rings (SSSR count). The quantitative estimate of drug-likeness (QED) is 0.623. The first-order chi connectivity index (χ1) is 15.5. The number of anilines is 1. The number of carbonyl (C=O) groups excluding carboxylic acids is 2. The minimum Gasteiger partial charge on any atom is -0.496 e. The molecular weight excluding hydrogens is 406 g/mol. The van der Waals surface area contributed by atoms with Crippen molar-refractivity contribution >= 4 is 17.5 Å². The largest absolute Gasteiger partial charge is 0.496 e. The molecule has 1 unspecified atom stereocenters. The van der Waals surface area contributed by atoms with Crippen LogP contribution in [0.2, 0.25) is 0 Å². The monoisotopic (exact) mass is 431 g/mol. The molecule has 0 fully saturated rings. The fourth-order valence-electron chi connectivity index (χ4n) is 3.80. The second-order valence-corrected chi connectivity index (χ2v) is 7.72. The van der Waals surface area contributed by atoms with Crippen LogP contribution in [-0.4, -0.2) is 30.0 Å². The van der Waals surface area contributed by atoms with Gasteiger partial charge < -0.3 is 20.1 Å². The van der Waals surface area contributed by atoms with Crippen molar-refractivity contribution in [3.05, 3.63) is 82.7 Å². The highest BCUT2D eigenvalue weighted by Gasteiger charge is 2.28. The molecular formula is C25H25N3O4. The van der Waals surface area contributed by atoms with Gasteiger partial charge in [-0.1, -0.05) is 24.3 Å². The van der Waals surface area contributed by atoms with Crippen LogP contribution in [0.25, 0.3) is 0 Å². The number of aryl methyl sites for hydroxylation is 1. The Morgan fingerprint density at radius 2 is 1.97 bits per heavy atom. The van der Waals surface area contributed by atoms with Crippen molar-refractivity contribution in [2.24, 2.45) is 0 Å². The van der Waals surface area contributed by atoms with E-state index >= 15 is 0 Å². The van der Waals surface area contributed by atoms with E-state index in [4.69, 9.17) is 9.47 Å². The van der Waals surface area contributed by atoms with Crippen molar-refractivity contribution in [1.82, 2.24) is 10.3 Å². The molecule has 2 amide bonds. The molecule has 3 aromatic rings. The van der Waals surface area contributed by atoms with Gasteiger partial charge >= 0.3 is 0 Å². The van der Waals surface area contributed by atoms with Gasteiger partial charge in [-0.15, -0.1) is 0 Å². The highest BCUT2D eigenvalue weighted by molar-refractivity contribution is 5.98. The van der Waals surface area contributed by atoms with Gasteiger partial charge in [-0.2, -0.15) is 0 Å². The zero-order valence-corrected chi connectivity index (χ0v) is 18.3. The van der Waals surface area contributed by atoms with E-state index in [1.165, 1.54) is 0 Å². The predicted octanol–water partition coefficient (Wildman–Crippen LogP) is 3.58. The van der Waals surface area contributed by atoms with E-state index in [0.717, 1.165) is 33.9 Å². The van der Waals surface area contributed by atoms with Crippen LogP contribution >= 0.6 is 0 Å². The van der Waals surface area contributed by atoms with Crippen LogP contribution in [0.5, 0.6) is 11.5 Å². The maximum absolute atomic E-state index is 12.7. The van der Waals surface area contributed by atoms with Gasteiger partial charge in [0.25, 0.3) is 11.8 Å². The number of ether oxygens (including phenoxy) is 2. The molecule has 1 aliphatic rings. The molecule has 0 aliphatic carbocycles. The van der Waals surface area contributed by atoms with Gasteiger partial charge in [0.2, 0.25) is 0 Å². The highest BCUT2D eigenvalue weighted by Crippen LogP contribution is 2.29. The number of aromatic nitrogens is 1. The molecule has 164 valence electrons. The number of pyridine rings is 1. The van der Waals surface area contributed by atoms with E-state index in [1.54, 1.807) is 37.6 Å². The van der Waals surface area contributed by atoms with Crippen LogP contribution in [0.15, 0.2) is 54.7 Å². The molecule has 2 heterocycles. The van der Waals surface area contributed by atoms with Gasteiger partial charge in [-0.05, 0) is 43.7 Å². The fourth-order valence-corrected chi connectivity index (χ4v) is 3.80. The SMILES string of the molecule is COc1c(C)cnc(CNC(=O)c2cccc(NC(=O)C3Cc4ccccc4O3)c2)c1C. The minimum absolute atomic E-state index is 0.245. The number of hydrogen-bond acceptors (Lipinski definition) is 5. The van der Waals surface area contributed by atoms with Crippen molar-refractivity contribution in [3.63, 3.8) is 0 Å². The Morgan fingerprint density at radius 3 is 2.75 bits per heavy atom. The molecule has 1 aliphatic heterocycles. The van der Waals surface area contributed by atoms with Crippen LogP contribution < -0.4 is 20.1 Å². The van der Waals surface area contributed by atoms with Crippen molar-refractivity contribution in [2.45, 2.75) is 32.9 Å². The lowest BCUT2D eigenvalue weighted by atomic mass is 10.1. The first-order valence-electron chi connectivity index (χ1n) is 10.4. The molecule has 7 nitrogen and oxygen atoms in total. The Kier molecular flexibility index (Phi) is 6.07. The average molecular weight is 431 g/mol. The van der Waals surface area contributed by atoms with Crippen molar-refractivity contribution in [3.8, 4) is 11.5 Å². The van der Waals surface area contributed by atoms with Crippen molar-refractivity contribution in [1.29, 1.82) is 0 Å². The third-order valence-corrected chi connectivity index (χ3v) is 5.50. The Labute approximate surface area is 186 Å². The van der Waals surface area contributed by atoms with Gasteiger partial charge in [0.15, 0.2) is 6.10 Å². The predicted molar refractivity (Wildman–Crippen MR) is 121 cm³/mol. The van der Waals surface area contributed by atoms with Crippen molar-refractivity contribution < 1.29 is 19.1 Å². The maximum Gasteiger partial charge on any atom is 0.265 e. The number of benzene rings is 2. The third-order valence-electron chi connectivity index (χ3n) is 5.50. The lowest BCUT2D eigenvalue weighted by Crippen LogP contribution is -2.31. The van der Waals surface area contributed by atoms with Gasteiger partial charge in [-0.25, -0.2) is 0 Å². The first-order valence-corrected chi connectivity index (χ1v) is 10.4. The van der Waals surface area contributed by atoms with Gasteiger partial charge in [0.1, 0.15) is 11.5 Å². The summed E-state index contributed by atoms with van der Waals surface area (Å²) in [6.45, 7) is 4.11. The Balaban J connectivity index is 1.39. The van der Waals surface area contributed by atoms with E-state index in [0.29, 0.717) is 17.7 Å². The minimum atomic E-state index is -0.588. The normalized spacial score (nSPS) is 14.3. The number of hydrogen-bond donors (Lipinski definition) is 2. The number of para-hydroxylation sites is 1. The molecule has 2 aromatic carbocycles. The number of nitrogens with zero attached hydrogens (tertiary/aromatic N) is 1. The van der Waals surface area contributed by atoms with Crippen LogP contribution in [0.3, 0.4) is 0 Å². The molecule has 0 spiro atoms. The van der Waals surface area contributed by atoms with E-state index in [-0.39, 0.29) is 18.4 Å². The van der Waals surface area contributed by atoms with Crippen LogP contribution in [0, 0.1) is 13.8 Å². The topological polar surface area (TPSA) is 89.5 Å². The Hall–Kier alpha value is -3.87. The summed E-state index contributed by atoms with van der Waals surface area (Å²) in [5.74, 6) is 0.999. The Bertz CT molecular complexity index is 1150. The number of methoxy groups -OCH3 is 1. The van der Waals surface area contributed by atoms with E-state index in [2.05, 4.69) is 15.6 Å². The highest BCUT2D eigenvalue weighted by atomic mass is 16.5. The molecule has 32 heavy (non-hydrogen) atoms. The molecule has 0 radical (unpaired) electrons. The van der Waals surface area contributed by atoms with Gasteiger partial charge in [-0.3, -0.25) is 14.6 Å². The average Bonchev–Trinajstić information content (AvgIpc) is 3.23. The molecule has 7 heteroatoms. The summed E-state index contributed by atoms with van der Waals surface area (Å²) in [5, 5.41) is 5.73. The second-order valence-electron chi connectivity index (χ2n) is 7.72. The zero-order valence-electron chi connectivity index (χ0n) is 18.3. The molecule has 0 bridgehead atoms. The van der Waals surface area contributed by atoms with Crippen molar-refractivity contribution in [2.75, 3.05) is 12.4 Å². The summed E-state index contributed by atoms with van der Waals surface area (Å²) < 4.78 is 11.2. The second kappa shape index (κ2) is 9.09. The number of fused-ring (bicyclic) bond motifs is 1. The summed E-state index contributed by atoms with van der Waals surface area (Å²) >= 11 is 0. The number of carbonyl (C=O) groups is 2. The fraction of sp³-hybridized carbons (Fsp3) is 0.240. The molecule has 1 aromatic heterocycles. The standard InChI is InChI=1S/C25H25N3O4/c1-15-13-26-20(16(2)23(15)31-3)14-27-24(29)18-8-6-9-19(11-18)28-25(30)22-12-17-7-4-5-10-21(17)32-22/h4-11,13,22H,12,14H2,1-3H3,(H,27,29)(H,28,30). The lowest BCUT2D eigenvalue weighted by Gasteiger charge is -2.14. The number of nitrogens with one attached hydrogen (secondary N) is 2. The van der Waals surface area contributed by atoms with Crippen LogP contribution in [0.4, 0.5) is 5.69 Å². The van der Waals surface area contributed by atoms with Gasteiger partial charge in [0, 0.05) is 35.0 Å². The van der Waals surface area contributed by atoms with E-state index < -0.39 is 6.10 Å². The van der Waals surface area contributed by atoms with Gasteiger partial charge in [0.05, 0.1) is 19.3 Å². The van der Waals surface area contributed by atoms with Crippen LogP contribution in [-0.2, 0) is 17.8 Å².